The van der Waals surface area contributed by atoms with E-state index in [0.29, 0.717) is 11.7 Å². The van der Waals surface area contributed by atoms with Crippen LogP contribution in [-0.4, -0.2) is 11.0 Å². The molecule has 4 nitrogen and oxygen atoms in total. The number of hydrogen-bond acceptors (Lipinski definition) is 4. The molecule has 0 aliphatic heterocycles. The second-order valence-corrected chi connectivity index (χ2v) is 6.01. The summed E-state index contributed by atoms with van der Waals surface area (Å²) in [7, 11) is 0. The van der Waals surface area contributed by atoms with Crippen molar-refractivity contribution in [3.05, 3.63) is 78.3 Å². The van der Waals surface area contributed by atoms with Crippen LogP contribution in [0, 0.1) is 0 Å². The summed E-state index contributed by atoms with van der Waals surface area (Å²) in [4.78, 5) is 16.7. The van der Waals surface area contributed by atoms with Crippen molar-refractivity contribution in [2.45, 2.75) is 24.9 Å². The summed E-state index contributed by atoms with van der Waals surface area (Å²) in [5, 5.41) is 0. The summed E-state index contributed by atoms with van der Waals surface area (Å²) in [5.41, 5.74) is 1.49. The summed E-state index contributed by atoms with van der Waals surface area (Å²) in [5.74, 6) is 0.880. The number of nitrogens with zero attached hydrogens (tertiary/aromatic N) is 1. The predicted molar refractivity (Wildman–Crippen MR) is 89.1 cm³/mol. The van der Waals surface area contributed by atoms with Gasteiger partial charge in [-0.15, -0.1) is 0 Å². The first-order chi connectivity index (χ1) is 11.8. The molecule has 24 heavy (non-hydrogen) atoms. The van der Waals surface area contributed by atoms with E-state index in [1.165, 1.54) is 0 Å². The number of oxazole rings is 1. The average molecular weight is 319 g/mol. The van der Waals surface area contributed by atoms with Crippen molar-refractivity contribution in [1.29, 1.82) is 0 Å². The van der Waals surface area contributed by atoms with Gasteiger partial charge in [-0.25, -0.2) is 4.98 Å². The Morgan fingerprint density at radius 2 is 1.71 bits per heavy atom. The third-order valence-electron chi connectivity index (χ3n) is 4.41. The summed E-state index contributed by atoms with van der Waals surface area (Å²) < 4.78 is 11.1. The van der Waals surface area contributed by atoms with E-state index in [9.17, 15) is 4.79 Å². The molecule has 1 aromatic heterocycles. The molecule has 4 rings (SSSR count). The van der Waals surface area contributed by atoms with Crippen LogP contribution in [0.15, 0.2) is 71.3 Å². The van der Waals surface area contributed by atoms with Gasteiger partial charge in [0.05, 0.1) is 11.6 Å². The number of carbonyl (C=O) groups excluding carboxylic acids is 1. The van der Waals surface area contributed by atoms with Crippen LogP contribution in [0.1, 0.15) is 24.3 Å². The molecule has 1 heterocycles. The summed E-state index contributed by atoms with van der Waals surface area (Å²) >= 11 is 0. The third kappa shape index (κ3) is 2.71. The molecule has 0 saturated heterocycles. The maximum Gasteiger partial charge on any atom is 0.317 e. The number of ether oxygens (including phenoxy) is 1. The third-order valence-corrected chi connectivity index (χ3v) is 4.41. The van der Waals surface area contributed by atoms with Crippen molar-refractivity contribution < 1.29 is 13.9 Å². The Balaban J connectivity index is 1.43. The number of hydrogen-bond donors (Lipinski definition) is 0. The van der Waals surface area contributed by atoms with Gasteiger partial charge < -0.3 is 9.15 Å². The molecule has 0 atom stereocenters. The van der Waals surface area contributed by atoms with Gasteiger partial charge in [-0.3, -0.25) is 4.79 Å². The van der Waals surface area contributed by atoms with Gasteiger partial charge in [-0.05, 0) is 18.4 Å². The molecule has 0 spiro atoms. The normalized spacial score (nSPS) is 15.0. The highest BCUT2D eigenvalue weighted by atomic mass is 16.5. The zero-order chi connectivity index (χ0) is 16.4. The predicted octanol–water partition coefficient (Wildman–Crippen LogP) is 4.12. The van der Waals surface area contributed by atoms with Gasteiger partial charge in [0, 0.05) is 5.56 Å². The van der Waals surface area contributed by atoms with E-state index >= 15 is 0 Å². The fourth-order valence-electron chi connectivity index (χ4n) is 2.87. The van der Waals surface area contributed by atoms with Gasteiger partial charge in [-0.2, -0.15) is 0 Å². The number of aromatic nitrogens is 1. The Morgan fingerprint density at radius 3 is 2.38 bits per heavy atom. The van der Waals surface area contributed by atoms with Gasteiger partial charge in [0.1, 0.15) is 0 Å². The van der Waals surface area contributed by atoms with Gasteiger partial charge in [0.2, 0.25) is 5.89 Å². The Hall–Kier alpha value is -2.88. The van der Waals surface area contributed by atoms with E-state index in [1.807, 2.05) is 60.7 Å². The quantitative estimate of drug-likeness (QED) is 0.664. The Kier molecular flexibility index (Phi) is 3.65. The van der Waals surface area contributed by atoms with Crippen molar-refractivity contribution in [3.63, 3.8) is 0 Å². The molecule has 1 saturated carbocycles. The molecule has 0 radical (unpaired) electrons. The van der Waals surface area contributed by atoms with Crippen LogP contribution < -0.4 is 0 Å². The van der Waals surface area contributed by atoms with Crippen LogP contribution >= 0.6 is 0 Å². The molecule has 0 N–H and O–H groups in total. The molecular formula is C20H17NO3. The van der Waals surface area contributed by atoms with Gasteiger partial charge in [0.15, 0.2) is 12.4 Å². The minimum absolute atomic E-state index is 0.0558. The molecule has 3 aromatic rings. The Labute approximate surface area is 140 Å². The molecular weight excluding hydrogens is 302 g/mol. The van der Waals surface area contributed by atoms with E-state index in [4.69, 9.17) is 9.15 Å². The van der Waals surface area contributed by atoms with Gasteiger partial charge >= 0.3 is 5.97 Å². The fourth-order valence-corrected chi connectivity index (χ4v) is 2.87. The summed E-state index contributed by atoms with van der Waals surface area (Å²) in [6, 6.07) is 19.5. The monoisotopic (exact) mass is 319 g/mol. The minimum Gasteiger partial charge on any atom is -0.455 e. The Morgan fingerprint density at radius 1 is 1.04 bits per heavy atom. The maximum absolute atomic E-state index is 12.5. The van der Waals surface area contributed by atoms with Gasteiger partial charge in [-0.1, -0.05) is 60.7 Å². The molecule has 2 aromatic carbocycles. The number of carbonyl (C=O) groups is 1. The molecule has 0 bridgehead atoms. The lowest BCUT2D eigenvalue weighted by atomic mass is 9.96. The highest BCUT2D eigenvalue weighted by molar-refractivity contribution is 5.86. The van der Waals surface area contributed by atoms with Crippen LogP contribution in [0.5, 0.6) is 0 Å². The summed E-state index contributed by atoms with van der Waals surface area (Å²) in [6.07, 6.45) is 3.32. The summed E-state index contributed by atoms with van der Waals surface area (Å²) in [6.45, 7) is 0.0558. The standard InChI is InChI=1S/C20H17NO3/c22-19(20(11-12-20)16-9-5-2-6-10-16)23-14-18-21-13-17(24-18)15-7-3-1-4-8-15/h1-10,13H,11-12,14H2. The van der Waals surface area contributed by atoms with Crippen molar-refractivity contribution in [1.82, 2.24) is 4.98 Å². The average Bonchev–Trinajstić information content (AvgIpc) is 3.33. The first-order valence-corrected chi connectivity index (χ1v) is 8.01. The number of benzene rings is 2. The first-order valence-electron chi connectivity index (χ1n) is 8.01. The first kappa shape index (κ1) is 14.7. The van der Waals surface area contributed by atoms with Crippen LogP contribution in [0.4, 0.5) is 0 Å². The lowest BCUT2D eigenvalue weighted by molar-refractivity contribution is -0.148. The lowest BCUT2D eigenvalue weighted by Gasteiger charge is -2.13. The molecule has 1 aliphatic carbocycles. The highest BCUT2D eigenvalue weighted by Crippen LogP contribution is 2.49. The zero-order valence-electron chi connectivity index (χ0n) is 13.1. The molecule has 1 fully saturated rings. The smallest absolute Gasteiger partial charge is 0.317 e. The van der Waals surface area contributed by atoms with E-state index in [2.05, 4.69) is 4.98 Å². The SMILES string of the molecule is O=C(OCc1ncc(-c2ccccc2)o1)C1(c2ccccc2)CC1. The highest BCUT2D eigenvalue weighted by Gasteiger charge is 2.52. The van der Waals surface area contributed by atoms with Gasteiger partial charge in [0.25, 0.3) is 0 Å². The lowest BCUT2D eigenvalue weighted by Crippen LogP contribution is -2.23. The van der Waals surface area contributed by atoms with E-state index < -0.39 is 5.41 Å². The van der Waals surface area contributed by atoms with E-state index in [-0.39, 0.29) is 12.6 Å². The second-order valence-electron chi connectivity index (χ2n) is 6.01. The number of esters is 1. The molecule has 1 aliphatic rings. The zero-order valence-corrected chi connectivity index (χ0v) is 13.1. The molecule has 4 heteroatoms. The molecule has 0 unspecified atom stereocenters. The molecule has 120 valence electrons. The fraction of sp³-hybridized carbons (Fsp3) is 0.200. The van der Waals surface area contributed by atoms with Crippen LogP contribution in [0.25, 0.3) is 11.3 Å². The maximum atomic E-state index is 12.5. The van der Waals surface area contributed by atoms with Crippen LogP contribution in [0.2, 0.25) is 0 Å². The topological polar surface area (TPSA) is 52.3 Å². The Bertz CT molecular complexity index is 836. The largest absolute Gasteiger partial charge is 0.455 e. The van der Waals surface area contributed by atoms with E-state index in [0.717, 1.165) is 24.0 Å². The number of rotatable bonds is 5. The van der Waals surface area contributed by atoms with E-state index in [1.54, 1.807) is 6.20 Å². The van der Waals surface area contributed by atoms with Crippen molar-refractivity contribution in [3.8, 4) is 11.3 Å². The molecule has 0 amide bonds. The minimum atomic E-state index is -0.476. The van der Waals surface area contributed by atoms with Crippen molar-refractivity contribution in [2.24, 2.45) is 0 Å². The second kappa shape index (κ2) is 5.96. The van der Waals surface area contributed by atoms with Crippen molar-refractivity contribution >= 4 is 5.97 Å². The van der Waals surface area contributed by atoms with Crippen LogP contribution in [0.3, 0.4) is 0 Å². The van der Waals surface area contributed by atoms with Crippen LogP contribution in [-0.2, 0) is 21.6 Å². The van der Waals surface area contributed by atoms with Crippen molar-refractivity contribution in [2.75, 3.05) is 0 Å².